The van der Waals surface area contributed by atoms with Gasteiger partial charge in [0, 0.05) is 24.5 Å². The third-order valence-electron chi connectivity index (χ3n) is 3.31. The predicted octanol–water partition coefficient (Wildman–Crippen LogP) is 2.93. The van der Waals surface area contributed by atoms with Gasteiger partial charge in [0.05, 0.1) is 0 Å². The van der Waals surface area contributed by atoms with Crippen LogP contribution in [0, 0.1) is 18.6 Å². The zero-order chi connectivity index (χ0) is 17.0. The molecule has 2 aromatic rings. The molecule has 4 nitrogen and oxygen atoms in total. The lowest BCUT2D eigenvalue weighted by molar-refractivity contribution is 0.0727. The third-order valence-corrected chi connectivity index (χ3v) is 4.00. The second-order valence-electron chi connectivity index (χ2n) is 5.60. The number of carbonyl (C=O) groups is 1. The van der Waals surface area contributed by atoms with Crippen LogP contribution in [-0.4, -0.2) is 47.3 Å². The van der Waals surface area contributed by atoms with Gasteiger partial charge in [-0.3, -0.25) is 4.79 Å². The number of likely N-dealkylation sites (N-methyl/N-ethyl adjacent to an activating group) is 1. The van der Waals surface area contributed by atoms with Crippen molar-refractivity contribution in [3.63, 3.8) is 0 Å². The van der Waals surface area contributed by atoms with Crippen LogP contribution in [0.15, 0.2) is 24.3 Å². The van der Waals surface area contributed by atoms with Crippen LogP contribution >= 0.6 is 11.5 Å². The highest BCUT2D eigenvalue weighted by molar-refractivity contribution is 7.05. The van der Waals surface area contributed by atoms with Gasteiger partial charge >= 0.3 is 0 Å². The zero-order valence-electron chi connectivity index (χ0n) is 13.3. The molecule has 1 aromatic carbocycles. The zero-order valence-corrected chi connectivity index (χ0v) is 14.2. The van der Waals surface area contributed by atoms with E-state index in [4.69, 9.17) is 0 Å². The van der Waals surface area contributed by atoms with E-state index in [1.807, 2.05) is 25.9 Å². The number of hydrogen-bond acceptors (Lipinski definition) is 4. The summed E-state index contributed by atoms with van der Waals surface area (Å²) in [6.45, 7) is 3.23. The number of benzene rings is 1. The van der Waals surface area contributed by atoms with E-state index in [9.17, 15) is 13.6 Å². The molecule has 0 aliphatic rings. The van der Waals surface area contributed by atoms with Crippen LogP contribution in [0.1, 0.15) is 20.9 Å². The Morgan fingerprint density at radius 1 is 1.17 bits per heavy atom. The first kappa shape index (κ1) is 17.5. The summed E-state index contributed by atoms with van der Waals surface area (Å²) in [7, 11) is 3.82. The van der Waals surface area contributed by atoms with E-state index in [1.54, 1.807) is 11.0 Å². The van der Waals surface area contributed by atoms with Crippen LogP contribution < -0.4 is 0 Å². The van der Waals surface area contributed by atoms with Crippen LogP contribution in [0.5, 0.6) is 0 Å². The van der Waals surface area contributed by atoms with Crippen molar-refractivity contribution in [3.05, 3.63) is 52.0 Å². The van der Waals surface area contributed by atoms with Gasteiger partial charge in [-0.05, 0) is 56.3 Å². The van der Waals surface area contributed by atoms with Crippen molar-refractivity contribution >= 4 is 17.4 Å². The Balaban J connectivity index is 2.19. The van der Waals surface area contributed by atoms with Gasteiger partial charge < -0.3 is 9.80 Å². The summed E-state index contributed by atoms with van der Waals surface area (Å²) in [4.78, 5) is 17.1. The van der Waals surface area contributed by atoms with Crippen LogP contribution in [0.3, 0.4) is 0 Å². The Morgan fingerprint density at radius 2 is 1.91 bits per heavy atom. The van der Waals surface area contributed by atoms with Gasteiger partial charge in [0.25, 0.3) is 5.91 Å². The average Bonchev–Trinajstić information content (AvgIpc) is 2.92. The average molecular weight is 339 g/mol. The minimum atomic E-state index is -0.910. The van der Waals surface area contributed by atoms with Crippen molar-refractivity contribution in [1.29, 1.82) is 0 Å². The van der Waals surface area contributed by atoms with Gasteiger partial charge in [0.2, 0.25) is 0 Å². The van der Waals surface area contributed by atoms with Crippen LogP contribution in [0.4, 0.5) is 8.78 Å². The first-order chi connectivity index (χ1) is 10.9. The minimum absolute atomic E-state index is 0.207. The van der Waals surface area contributed by atoms with Crippen molar-refractivity contribution in [2.24, 2.45) is 0 Å². The molecule has 7 heteroatoms. The molecule has 0 atom stereocenters. The molecule has 2 rings (SSSR count). The van der Waals surface area contributed by atoms with Crippen LogP contribution in [-0.2, 0) is 6.54 Å². The van der Waals surface area contributed by atoms with Gasteiger partial charge in [0.15, 0.2) is 11.6 Å². The Hall–Kier alpha value is -1.86. The van der Waals surface area contributed by atoms with Crippen molar-refractivity contribution in [2.75, 3.05) is 27.2 Å². The number of aryl methyl sites for hydroxylation is 1. The molecule has 1 amide bonds. The number of halogens is 2. The highest BCUT2D eigenvalue weighted by Crippen LogP contribution is 2.15. The maximum atomic E-state index is 13.4. The molecule has 0 aliphatic heterocycles. The van der Waals surface area contributed by atoms with Gasteiger partial charge in [-0.25, -0.2) is 8.78 Å². The van der Waals surface area contributed by atoms with E-state index in [2.05, 4.69) is 4.37 Å². The molecule has 0 radical (unpaired) electrons. The van der Waals surface area contributed by atoms with Crippen molar-refractivity contribution in [2.45, 2.75) is 13.5 Å². The Kier molecular flexibility index (Phi) is 5.79. The molecular weight excluding hydrogens is 320 g/mol. The van der Waals surface area contributed by atoms with Crippen LogP contribution in [0.2, 0.25) is 0 Å². The summed E-state index contributed by atoms with van der Waals surface area (Å²) in [5.41, 5.74) is 0.928. The Bertz CT molecular complexity index is 688. The van der Waals surface area contributed by atoms with E-state index in [-0.39, 0.29) is 12.5 Å². The molecule has 0 fully saturated rings. The second-order valence-corrected chi connectivity index (χ2v) is 6.61. The molecule has 0 aliphatic carbocycles. The summed E-state index contributed by atoms with van der Waals surface area (Å²) < 4.78 is 30.6. The first-order valence-corrected chi connectivity index (χ1v) is 7.95. The highest BCUT2D eigenvalue weighted by Gasteiger charge is 2.19. The van der Waals surface area contributed by atoms with Crippen molar-refractivity contribution < 1.29 is 13.6 Å². The number of carbonyl (C=O) groups excluding carboxylic acids is 1. The smallest absolute Gasteiger partial charge is 0.273 e. The fourth-order valence-corrected chi connectivity index (χ4v) is 2.60. The SMILES string of the molecule is Cc1cc(C(=O)N(CCN(C)C)Cc2ccc(F)c(F)c2)ns1. The molecule has 23 heavy (non-hydrogen) atoms. The lowest BCUT2D eigenvalue weighted by Crippen LogP contribution is -2.36. The fourth-order valence-electron chi connectivity index (χ4n) is 2.06. The minimum Gasteiger partial charge on any atom is -0.332 e. The molecule has 0 N–H and O–H groups in total. The van der Waals surface area contributed by atoms with Gasteiger partial charge in [-0.2, -0.15) is 4.37 Å². The molecule has 124 valence electrons. The van der Waals surface area contributed by atoms with Gasteiger partial charge in [-0.15, -0.1) is 0 Å². The van der Waals surface area contributed by atoms with Crippen LogP contribution in [0.25, 0.3) is 0 Å². The van der Waals surface area contributed by atoms with Gasteiger partial charge in [-0.1, -0.05) is 6.07 Å². The maximum Gasteiger partial charge on any atom is 0.273 e. The number of aromatic nitrogens is 1. The lowest BCUT2D eigenvalue weighted by atomic mass is 10.2. The highest BCUT2D eigenvalue weighted by atomic mass is 32.1. The number of amides is 1. The summed E-state index contributed by atoms with van der Waals surface area (Å²) in [5, 5.41) is 0. The van der Waals surface area contributed by atoms with E-state index in [0.717, 1.165) is 17.0 Å². The summed E-state index contributed by atoms with van der Waals surface area (Å²) in [6, 6.07) is 5.42. The molecule has 0 saturated carbocycles. The van der Waals surface area contributed by atoms with E-state index < -0.39 is 11.6 Å². The predicted molar refractivity (Wildman–Crippen MR) is 86.5 cm³/mol. The normalized spacial score (nSPS) is 11.0. The summed E-state index contributed by atoms with van der Waals surface area (Å²) >= 11 is 1.27. The monoisotopic (exact) mass is 339 g/mol. The van der Waals surface area contributed by atoms with E-state index in [1.165, 1.54) is 17.6 Å². The second kappa shape index (κ2) is 7.61. The van der Waals surface area contributed by atoms with Gasteiger partial charge in [0.1, 0.15) is 5.69 Å². The Morgan fingerprint density at radius 3 is 2.48 bits per heavy atom. The van der Waals surface area contributed by atoms with E-state index in [0.29, 0.717) is 24.3 Å². The van der Waals surface area contributed by atoms with Crippen molar-refractivity contribution in [3.8, 4) is 0 Å². The Labute approximate surface area is 138 Å². The third kappa shape index (κ3) is 4.80. The molecule has 0 spiro atoms. The molecule has 1 aromatic heterocycles. The first-order valence-electron chi connectivity index (χ1n) is 7.18. The van der Waals surface area contributed by atoms with Crippen molar-refractivity contribution in [1.82, 2.24) is 14.2 Å². The largest absolute Gasteiger partial charge is 0.332 e. The quantitative estimate of drug-likeness (QED) is 0.812. The molecular formula is C16H19F2N3OS. The number of nitrogens with zero attached hydrogens (tertiary/aromatic N) is 3. The molecule has 0 saturated heterocycles. The summed E-state index contributed by atoms with van der Waals surface area (Å²) in [6.07, 6.45) is 0. The standard InChI is InChI=1S/C16H19F2N3OS/c1-11-8-15(19-23-11)16(22)21(7-6-20(2)3)10-12-4-5-13(17)14(18)9-12/h4-5,8-9H,6-7,10H2,1-3H3. The maximum absolute atomic E-state index is 13.4. The fraction of sp³-hybridized carbons (Fsp3) is 0.375. The lowest BCUT2D eigenvalue weighted by Gasteiger charge is -2.24. The summed E-state index contributed by atoms with van der Waals surface area (Å²) in [5.74, 6) is -2.01. The topological polar surface area (TPSA) is 36.4 Å². The molecule has 0 unspecified atom stereocenters. The molecule has 0 bridgehead atoms. The number of rotatable bonds is 6. The number of hydrogen-bond donors (Lipinski definition) is 0. The van der Waals surface area contributed by atoms with E-state index >= 15 is 0 Å². The molecule has 1 heterocycles.